The number of carbonyl (C=O) groups excluding carboxylic acids is 1. The van der Waals surface area contributed by atoms with Crippen LogP contribution in [0, 0.1) is 5.92 Å². The number of nitrogens with one attached hydrogen (secondary N) is 1. The van der Waals surface area contributed by atoms with E-state index < -0.39 is 0 Å². The number of amides is 1. The van der Waals surface area contributed by atoms with E-state index in [0.717, 1.165) is 44.6 Å². The van der Waals surface area contributed by atoms with Gasteiger partial charge in [-0.25, -0.2) is 0 Å². The number of aryl methyl sites for hydroxylation is 1. The summed E-state index contributed by atoms with van der Waals surface area (Å²) in [4.78, 5) is 23.0. The first-order valence-corrected chi connectivity index (χ1v) is 10.4. The highest BCUT2D eigenvalue weighted by Crippen LogP contribution is 2.16. The van der Waals surface area contributed by atoms with Crippen molar-refractivity contribution in [2.45, 2.75) is 58.5 Å². The van der Waals surface area contributed by atoms with Crippen molar-refractivity contribution in [1.82, 2.24) is 20.2 Å². The topological polar surface area (TPSA) is 58.1 Å². The predicted octanol–water partition coefficient (Wildman–Crippen LogP) is 3.39. The van der Waals surface area contributed by atoms with Gasteiger partial charge >= 0.3 is 0 Å². The van der Waals surface area contributed by atoms with E-state index in [2.05, 4.69) is 58.3 Å². The van der Waals surface area contributed by atoms with Crippen LogP contribution >= 0.6 is 0 Å². The third-order valence-corrected chi connectivity index (χ3v) is 5.17. The van der Waals surface area contributed by atoms with E-state index in [9.17, 15) is 4.79 Å². The van der Waals surface area contributed by atoms with Crippen LogP contribution < -0.4 is 5.32 Å². The Morgan fingerprint density at radius 1 is 1.21 bits per heavy atom. The second kappa shape index (κ2) is 10.3. The van der Waals surface area contributed by atoms with Crippen LogP contribution in [-0.2, 0) is 24.2 Å². The largest absolute Gasteiger partial charge is 0.352 e. The third kappa shape index (κ3) is 6.71. The summed E-state index contributed by atoms with van der Waals surface area (Å²) in [6, 6.07) is 9.25. The third-order valence-electron chi connectivity index (χ3n) is 5.17. The zero-order valence-corrected chi connectivity index (χ0v) is 17.1. The maximum absolute atomic E-state index is 12.3. The molecule has 1 aromatic heterocycles. The van der Waals surface area contributed by atoms with Gasteiger partial charge in [0.05, 0.1) is 5.69 Å². The monoisotopic (exact) mass is 380 g/mol. The summed E-state index contributed by atoms with van der Waals surface area (Å²) >= 11 is 0. The molecule has 150 valence electrons. The molecular weight excluding hydrogens is 348 g/mol. The Hall–Kier alpha value is -2.27. The molecule has 0 unspecified atom stereocenters. The minimum Gasteiger partial charge on any atom is -0.352 e. The summed E-state index contributed by atoms with van der Waals surface area (Å²) in [5, 5.41) is 3.21. The average Bonchev–Trinajstić information content (AvgIpc) is 2.69. The van der Waals surface area contributed by atoms with Crippen molar-refractivity contribution in [3.8, 4) is 0 Å². The van der Waals surface area contributed by atoms with E-state index >= 15 is 0 Å². The van der Waals surface area contributed by atoms with Gasteiger partial charge in [0, 0.05) is 44.1 Å². The second-order valence-corrected chi connectivity index (χ2v) is 8.25. The molecule has 1 aliphatic rings. The number of nitrogens with zero attached hydrogens (tertiary/aromatic N) is 3. The van der Waals surface area contributed by atoms with Crippen LogP contribution in [0.15, 0.2) is 42.9 Å². The first kappa shape index (κ1) is 20.5. The molecule has 28 heavy (non-hydrogen) atoms. The number of benzene rings is 1. The van der Waals surface area contributed by atoms with Crippen molar-refractivity contribution in [2.24, 2.45) is 5.92 Å². The number of rotatable bonds is 8. The van der Waals surface area contributed by atoms with Crippen LogP contribution in [0.2, 0.25) is 0 Å². The fourth-order valence-corrected chi connectivity index (χ4v) is 3.83. The van der Waals surface area contributed by atoms with Gasteiger partial charge in [0.15, 0.2) is 0 Å². The Kier molecular flexibility index (Phi) is 7.54. The zero-order valence-electron chi connectivity index (χ0n) is 17.1. The lowest BCUT2D eigenvalue weighted by atomic mass is 10.0. The Bertz CT molecular complexity index is 730. The van der Waals surface area contributed by atoms with Crippen LogP contribution in [0.5, 0.6) is 0 Å². The summed E-state index contributed by atoms with van der Waals surface area (Å²) in [5.74, 6) is 0.793. The molecule has 1 atom stereocenters. The van der Waals surface area contributed by atoms with E-state index in [1.807, 2.05) is 0 Å². The first-order valence-electron chi connectivity index (χ1n) is 10.4. The number of carbonyl (C=O) groups is 1. The molecule has 0 radical (unpaired) electrons. The molecule has 1 aliphatic heterocycles. The fourth-order valence-electron chi connectivity index (χ4n) is 3.83. The smallest absolute Gasteiger partial charge is 0.220 e. The molecule has 3 rings (SSSR count). The number of hydrogen-bond donors (Lipinski definition) is 1. The quantitative estimate of drug-likeness (QED) is 0.763. The van der Waals surface area contributed by atoms with E-state index in [-0.39, 0.29) is 11.9 Å². The van der Waals surface area contributed by atoms with Gasteiger partial charge in [-0.05, 0) is 49.3 Å². The Morgan fingerprint density at radius 2 is 2.00 bits per heavy atom. The summed E-state index contributed by atoms with van der Waals surface area (Å²) in [6.45, 7) is 7.48. The lowest BCUT2D eigenvalue weighted by molar-refractivity contribution is -0.122. The molecule has 1 aromatic carbocycles. The Balaban J connectivity index is 1.44. The van der Waals surface area contributed by atoms with Gasteiger partial charge in [0.1, 0.15) is 0 Å². The number of likely N-dealkylation sites (tertiary alicyclic amines) is 1. The van der Waals surface area contributed by atoms with E-state index in [1.165, 1.54) is 11.1 Å². The minimum atomic E-state index is 0.107. The first-order chi connectivity index (χ1) is 13.6. The van der Waals surface area contributed by atoms with Crippen molar-refractivity contribution in [3.05, 3.63) is 59.7 Å². The molecule has 0 aliphatic carbocycles. The number of piperidine rings is 1. The zero-order chi connectivity index (χ0) is 19.8. The minimum absolute atomic E-state index is 0.107. The number of hydrogen-bond acceptors (Lipinski definition) is 4. The molecule has 0 saturated carbocycles. The number of aromatic nitrogens is 2. The highest BCUT2D eigenvalue weighted by Gasteiger charge is 2.21. The summed E-state index contributed by atoms with van der Waals surface area (Å²) < 4.78 is 0. The van der Waals surface area contributed by atoms with E-state index in [1.54, 1.807) is 18.6 Å². The highest BCUT2D eigenvalue weighted by molar-refractivity contribution is 5.76. The summed E-state index contributed by atoms with van der Waals surface area (Å²) in [7, 11) is 0. The summed E-state index contributed by atoms with van der Waals surface area (Å²) in [5.41, 5.74) is 3.62. The van der Waals surface area contributed by atoms with Gasteiger partial charge in [-0.2, -0.15) is 0 Å². The van der Waals surface area contributed by atoms with Gasteiger partial charge in [-0.15, -0.1) is 0 Å². The Morgan fingerprint density at radius 3 is 2.71 bits per heavy atom. The van der Waals surface area contributed by atoms with E-state index in [4.69, 9.17) is 0 Å². The molecule has 2 aromatic rings. The van der Waals surface area contributed by atoms with Crippen molar-refractivity contribution in [2.75, 3.05) is 13.1 Å². The fraction of sp³-hybridized carbons (Fsp3) is 0.522. The normalized spacial score (nSPS) is 17.6. The average molecular weight is 381 g/mol. The van der Waals surface area contributed by atoms with Crippen molar-refractivity contribution >= 4 is 5.91 Å². The van der Waals surface area contributed by atoms with Gasteiger partial charge in [0.25, 0.3) is 0 Å². The molecular formula is C23H32N4O. The van der Waals surface area contributed by atoms with Gasteiger partial charge in [-0.3, -0.25) is 19.7 Å². The summed E-state index contributed by atoms with van der Waals surface area (Å²) in [6.07, 6.45) is 9.46. The molecule has 1 amide bonds. The maximum Gasteiger partial charge on any atom is 0.220 e. The standard InChI is InChI=1S/C23H32N4O/c1-18(2)14-19-5-7-20(8-6-19)16-27-13-3-4-22(17-27)26-23(28)10-9-21-15-24-11-12-25-21/h5-8,11-12,15,18,22H,3-4,9-10,13-14,16-17H2,1-2H3,(H,26,28)/t22-/m0/s1. The molecule has 1 fully saturated rings. The second-order valence-electron chi connectivity index (χ2n) is 8.25. The predicted molar refractivity (Wildman–Crippen MR) is 112 cm³/mol. The van der Waals surface area contributed by atoms with Crippen LogP contribution in [0.4, 0.5) is 0 Å². The SMILES string of the molecule is CC(C)Cc1ccc(CN2CCC[C@H](NC(=O)CCc3cnccn3)C2)cc1. The lowest BCUT2D eigenvalue weighted by Crippen LogP contribution is -2.47. The van der Waals surface area contributed by atoms with Crippen LogP contribution in [0.1, 0.15) is 49.9 Å². The van der Waals surface area contributed by atoms with Crippen LogP contribution in [-0.4, -0.2) is 39.9 Å². The Labute approximate surface area is 168 Å². The van der Waals surface area contributed by atoms with Crippen molar-refractivity contribution in [1.29, 1.82) is 0 Å². The molecule has 5 heteroatoms. The molecule has 1 N–H and O–H groups in total. The lowest BCUT2D eigenvalue weighted by Gasteiger charge is -2.33. The van der Waals surface area contributed by atoms with Crippen LogP contribution in [0.25, 0.3) is 0 Å². The van der Waals surface area contributed by atoms with Crippen molar-refractivity contribution in [3.63, 3.8) is 0 Å². The van der Waals surface area contributed by atoms with Gasteiger partial charge < -0.3 is 5.32 Å². The van der Waals surface area contributed by atoms with E-state index in [0.29, 0.717) is 18.8 Å². The molecule has 5 nitrogen and oxygen atoms in total. The molecule has 0 bridgehead atoms. The molecule has 0 spiro atoms. The van der Waals surface area contributed by atoms with Gasteiger partial charge in [-0.1, -0.05) is 38.1 Å². The molecule has 2 heterocycles. The van der Waals surface area contributed by atoms with Crippen LogP contribution in [0.3, 0.4) is 0 Å². The van der Waals surface area contributed by atoms with Gasteiger partial charge in [0.2, 0.25) is 5.91 Å². The maximum atomic E-state index is 12.3. The molecule has 1 saturated heterocycles. The van der Waals surface area contributed by atoms with Crippen molar-refractivity contribution < 1.29 is 4.79 Å². The highest BCUT2D eigenvalue weighted by atomic mass is 16.1.